The van der Waals surface area contributed by atoms with Crippen LogP contribution < -0.4 is 14.2 Å². The molecule has 0 radical (unpaired) electrons. The van der Waals surface area contributed by atoms with E-state index in [-0.39, 0.29) is 42.6 Å². The molecule has 17 atom stereocenters. The largest absolute Gasteiger partial charge is 0.504 e. The van der Waals surface area contributed by atoms with Gasteiger partial charge in [-0.15, -0.1) is 0 Å². The summed E-state index contributed by atoms with van der Waals surface area (Å²) in [4.78, 5) is 0. The Kier molecular flexibility index (Phi) is 14.8. The van der Waals surface area contributed by atoms with Crippen molar-refractivity contribution < 1.29 is 109 Å². The molecule has 4 heterocycles. The highest BCUT2D eigenvalue weighted by Crippen LogP contribution is 2.46. The van der Waals surface area contributed by atoms with E-state index in [0.717, 1.165) is 0 Å². The third kappa shape index (κ3) is 9.04. The number of hydrogen-bond donors (Lipinski definition) is 13. The van der Waals surface area contributed by atoms with Gasteiger partial charge in [0.15, 0.2) is 29.3 Å². The number of benzene rings is 2. The number of rotatable bonds is 16. The zero-order valence-corrected chi connectivity index (χ0v) is 32.6. The number of hydrogen-bond acceptors (Lipinski definition) is 22. The van der Waals surface area contributed by atoms with E-state index in [2.05, 4.69) is 0 Å². The van der Waals surface area contributed by atoms with Crippen LogP contribution in [0, 0.1) is 5.92 Å². The number of aliphatic hydroxyl groups excluding tert-OH is 11. The van der Waals surface area contributed by atoms with Crippen molar-refractivity contribution in [2.24, 2.45) is 5.92 Å². The number of methoxy groups -OCH3 is 2. The van der Waals surface area contributed by atoms with E-state index in [1.54, 1.807) is 18.2 Å². The van der Waals surface area contributed by atoms with E-state index >= 15 is 0 Å². The summed E-state index contributed by atoms with van der Waals surface area (Å²) in [6, 6.07) is 9.08. The van der Waals surface area contributed by atoms with Crippen molar-refractivity contribution in [1.29, 1.82) is 0 Å². The van der Waals surface area contributed by atoms with Crippen molar-refractivity contribution in [2.45, 2.75) is 104 Å². The average Bonchev–Trinajstić information content (AvgIpc) is 3.69. The molecule has 17 unspecified atom stereocenters. The van der Waals surface area contributed by atoms with E-state index in [1.165, 1.54) is 32.4 Å². The van der Waals surface area contributed by atoms with Crippen molar-refractivity contribution in [1.82, 2.24) is 0 Å². The molecule has 4 fully saturated rings. The molecule has 60 heavy (non-hydrogen) atoms. The van der Waals surface area contributed by atoms with Crippen LogP contribution in [0.1, 0.15) is 17.2 Å². The molecule has 4 saturated heterocycles. The molecule has 0 bridgehead atoms. The summed E-state index contributed by atoms with van der Waals surface area (Å²) in [6.07, 6.45) is -22.4. The number of phenols is 1. The van der Waals surface area contributed by atoms with Crippen LogP contribution in [0.3, 0.4) is 0 Å². The standard InChI is InChI=1S/C38H54O22/c1-52-21-8-17(4-5-19(21)42)33-18(12-54-13-25-28(45)34(50)38(14-41,59-25)60-36-32(49)30(47)27(44)24(11-40)58-36)37(51,15-55-33)9-16-3-6-20(22(7-16)53-2)56-35-31(48)29(46)26(43)23(10-39)57-35/h3-8,18,23-36,39-51H,9-15H2,1-2H3. The maximum atomic E-state index is 12.3. The lowest BCUT2D eigenvalue weighted by molar-refractivity contribution is -0.383. The van der Waals surface area contributed by atoms with Gasteiger partial charge in [-0.2, -0.15) is 0 Å². The minimum absolute atomic E-state index is 0.0565. The van der Waals surface area contributed by atoms with Crippen molar-refractivity contribution in [3.8, 4) is 23.0 Å². The summed E-state index contributed by atoms with van der Waals surface area (Å²) < 4.78 is 50.9. The smallest absolute Gasteiger partial charge is 0.229 e. The van der Waals surface area contributed by atoms with Gasteiger partial charge in [0.25, 0.3) is 0 Å². The molecule has 0 amide bonds. The topological polar surface area (TPSA) is 346 Å². The van der Waals surface area contributed by atoms with Gasteiger partial charge in [0.05, 0.1) is 59.0 Å². The van der Waals surface area contributed by atoms with E-state index in [9.17, 15) is 66.4 Å². The van der Waals surface area contributed by atoms with Gasteiger partial charge in [-0.05, 0) is 35.4 Å². The Hall–Kier alpha value is -3.08. The van der Waals surface area contributed by atoms with Gasteiger partial charge in [0, 0.05) is 12.3 Å². The first-order valence-electron chi connectivity index (χ1n) is 19.1. The van der Waals surface area contributed by atoms with Crippen LogP contribution in [0.5, 0.6) is 23.0 Å². The number of aliphatic hydroxyl groups is 12. The summed E-state index contributed by atoms with van der Waals surface area (Å²) in [6.45, 7) is -3.51. The van der Waals surface area contributed by atoms with Crippen LogP contribution in [0.25, 0.3) is 0 Å². The fourth-order valence-corrected chi connectivity index (χ4v) is 7.86. The molecule has 6 rings (SSSR count). The number of aromatic hydroxyl groups is 1. The number of ether oxygens (including phenoxy) is 9. The van der Waals surface area contributed by atoms with Gasteiger partial charge in [0.1, 0.15) is 73.8 Å². The van der Waals surface area contributed by atoms with Crippen LogP contribution in [0.2, 0.25) is 0 Å². The van der Waals surface area contributed by atoms with Gasteiger partial charge in [0.2, 0.25) is 12.1 Å². The first-order valence-corrected chi connectivity index (χ1v) is 19.1. The first-order chi connectivity index (χ1) is 28.5. The molecule has 338 valence electrons. The molecule has 0 aliphatic carbocycles. The Bertz CT molecular complexity index is 1720. The average molecular weight is 863 g/mol. The second-order valence-corrected chi connectivity index (χ2v) is 15.3. The van der Waals surface area contributed by atoms with Gasteiger partial charge >= 0.3 is 0 Å². The Balaban J connectivity index is 1.19. The third-order valence-electron chi connectivity index (χ3n) is 11.4. The second-order valence-electron chi connectivity index (χ2n) is 15.3. The molecular weight excluding hydrogens is 808 g/mol. The van der Waals surface area contributed by atoms with Crippen LogP contribution in [-0.2, 0) is 34.8 Å². The lowest BCUT2D eigenvalue weighted by Crippen LogP contribution is -2.62. The maximum absolute atomic E-state index is 12.3. The van der Waals surface area contributed by atoms with Crippen LogP contribution in [0.4, 0.5) is 0 Å². The van der Waals surface area contributed by atoms with E-state index in [1.807, 2.05) is 0 Å². The Labute approximate surface area is 342 Å². The zero-order chi connectivity index (χ0) is 43.7. The van der Waals surface area contributed by atoms with Crippen LogP contribution in [-0.4, -0.2) is 211 Å². The molecule has 22 heteroatoms. The summed E-state index contributed by atoms with van der Waals surface area (Å²) in [5.41, 5.74) is -0.686. The highest BCUT2D eigenvalue weighted by atomic mass is 16.8. The summed E-state index contributed by atoms with van der Waals surface area (Å²) in [5, 5.41) is 136. The molecule has 13 N–H and O–H groups in total. The molecule has 22 nitrogen and oxygen atoms in total. The first kappa shape index (κ1) is 46.4. The molecular formula is C38H54O22. The van der Waals surface area contributed by atoms with E-state index in [0.29, 0.717) is 11.1 Å². The van der Waals surface area contributed by atoms with Gasteiger partial charge < -0.3 is 109 Å². The second kappa shape index (κ2) is 19.1. The van der Waals surface area contributed by atoms with E-state index < -0.39 is 130 Å². The molecule has 0 saturated carbocycles. The molecule has 0 spiro atoms. The fraction of sp³-hybridized carbons (Fsp3) is 0.684. The Morgan fingerprint density at radius 1 is 0.683 bits per heavy atom. The lowest BCUT2D eigenvalue weighted by Gasteiger charge is -2.43. The molecule has 4 aliphatic heterocycles. The van der Waals surface area contributed by atoms with Crippen molar-refractivity contribution in [3.63, 3.8) is 0 Å². The van der Waals surface area contributed by atoms with Crippen molar-refractivity contribution in [3.05, 3.63) is 47.5 Å². The SMILES string of the molecule is COc1cc(C2OCC(O)(Cc3ccc(OC4OC(CO)C(O)C(O)C4O)c(OC)c3)C2COCC2OC(CO)(OC3OC(CO)C(O)C(O)C3O)C(O)C2O)ccc1O. The van der Waals surface area contributed by atoms with Gasteiger partial charge in [-0.25, -0.2) is 0 Å². The quantitative estimate of drug-likeness (QED) is 0.0751. The Morgan fingerprint density at radius 3 is 1.93 bits per heavy atom. The fourth-order valence-electron chi connectivity index (χ4n) is 7.86. The predicted octanol–water partition coefficient (Wildman–Crippen LogP) is -5.11. The highest BCUT2D eigenvalue weighted by molar-refractivity contribution is 5.45. The van der Waals surface area contributed by atoms with Crippen LogP contribution in [0.15, 0.2) is 36.4 Å². The predicted molar refractivity (Wildman–Crippen MR) is 195 cm³/mol. The highest BCUT2D eigenvalue weighted by Gasteiger charge is 2.59. The Morgan fingerprint density at radius 2 is 1.32 bits per heavy atom. The minimum atomic E-state index is -2.43. The molecule has 4 aliphatic rings. The lowest BCUT2D eigenvalue weighted by atomic mass is 9.80. The van der Waals surface area contributed by atoms with Crippen LogP contribution >= 0.6 is 0 Å². The molecule has 2 aromatic carbocycles. The third-order valence-corrected chi connectivity index (χ3v) is 11.4. The van der Waals surface area contributed by atoms with E-state index in [4.69, 9.17) is 42.6 Å². The summed E-state index contributed by atoms with van der Waals surface area (Å²) in [5.74, 6) is -3.16. The van der Waals surface area contributed by atoms with Crippen molar-refractivity contribution >= 4 is 0 Å². The van der Waals surface area contributed by atoms with Crippen molar-refractivity contribution in [2.75, 3.05) is 53.9 Å². The van der Waals surface area contributed by atoms with Gasteiger partial charge in [-0.1, -0.05) is 12.1 Å². The summed E-state index contributed by atoms with van der Waals surface area (Å²) >= 11 is 0. The maximum Gasteiger partial charge on any atom is 0.229 e. The monoisotopic (exact) mass is 862 g/mol. The zero-order valence-electron chi connectivity index (χ0n) is 32.6. The minimum Gasteiger partial charge on any atom is -0.504 e. The summed E-state index contributed by atoms with van der Waals surface area (Å²) in [7, 11) is 2.70. The molecule has 0 aromatic heterocycles. The number of phenolic OH excluding ortho intramolecular Hbond substituents is 1. The normalized spacial score (nSPS) is 40.7. The van der Waals surface area contributed by atoms with Gasteiger partial charge in [-0.3, -0.25) is 0 Å². The molecule has 2 aromatic rings.